The summed E-state index contributed by atoms with van der Waals surface area (Å²) >= 11 is 0. The van der Waals surface area contributed by atoms with Gasteiger partial charge in [0.15, 0.2) is 0 Å². The monoisotopic (exact) mass is 410 g/mol. The lowest BCUT2D eigenvalue weighted by molar-refractivity contribution is -0.120. The van der Waals surface area contributed by atoms with Gasteiger partial charge in [0.2, 0.25) is 0 Å². The summed E-state index contributed by atoms with van der Waals surface area (Å²) in [7, 11) is 0. The summed E-state index contributed by atoms with van der Waals surface area (Å²) in [5, 5.41) is 3.28. The topological polar surface area (TPSA) is 49.4 Å². The highest BCUT2D eigenvalue weighted by molar-refractivity contribution is 6.46. The van der Waals surface area contributed by atoms with Crippen LogP contribution in [-0.4, -0.2) is 11.8 Å². The summed E-state index contributed by atoms with van der Waals surface area (Å²) in [6, 6.07) is 19.3. The van der Waals surface area contributed by atoms with E-state index in [0.717, 1.165) is 39.1 Å². The minimum absolute atomic E-state index is 0.307. The molecule has 3 aromatic rings. The fourth-order valence-electron chi connectivity index (χ4n) is 3.90. The Hall–Kier alpha value is -3.66. The summed E-state index contributed by atoms with van der Waals surface area (Å²) in [5.74, 6) is -0.657. The molecule has 156 valence electrons. The number of hydrogen-bond acceptors (Lipinski definition) is 3. The van der Waals surface area contributed by atoms with E-state index >= 15 is 0 Å². The number of aryl methyl sites for hydroxylation is 5. The molecule has 4 heteroatoms. The van der Waals surface area contributed by atoms with E-state index in [9.17, 15) is 9.59 Å². The van der Waals surface area contributed by atoms with Crippen LogP contribution < -0.4 is 10.2 Å². The third-order valence-corrected chi connectivity index (χ3v) is 5.78. The molecular weight excluding hydrogens is 384 g/mol. The van der Waals surface area contributed by atoms with Crippen molar-refractivity contribution >= 4 is 28.8 Å². The molecule has 0 spiro atoms. The minimum Gasteiger partial charge on any atom is -0.350 e. The molecule has 0 saturated carbocycles. The lowest BCUT2D eigenvalue weighted by Crippen LogP contribution is -2.32. The highest BCUT2D eigenvalue weighted by Gasteiger charge is 2.40. The van der Waals surface area contributed by atoms with Crippen LogP contribution in [0.25, 0.3) is 5.57 Å². The highest BCUT2D eigenvalue weighted by atomic mass is 16.2. The van der Waals surface area contributed by atoms with Crippen LogP contribution >= 0.6 is 0 Å². The summed E-state index contributed by atoms with van der Waals surface area (Å²) in [6.07, 6.45) is 0. The fourth-order valence-corrected chi connectivity index (χ4v) is 3.90. The molecular formula is C27H26N2O2. The molecule has 0 unspecified atom stereocenters. The molecule has 1 heterocycles. The van der Waals surface area contributed by atoms with Gasteiger partial charge >= 0.3 is 0 Å². The molecule has 0 radical (unpaired) electrons. The van der Waals surface area contributed by atoms with Crippen molar-refractivity contribution in [1.82, 2.24) is 0 Å². The number of amides is 2. The molecule has 0 atom stereocenters. The van der Waals surface area contributed by atoms with Gasteiger partial charge in [0.25, 0.3) is 11.8 Å². The van der Waals surface area contributed by atoms with Gasteiger partial charge in [-0.05, 0) is 80.6 Å². The molecule has 1 aliphatic heterocycles. The second-order valence-electron chi connectivity index (χ2n) is 8.28. The Balaban J connectivity index is 1.87. The Morgan fingerprint density at radius 3 is 2.10 bits per heavy atom. The van der Waals surface area contributed by atoms with Crippen LogP contribution in [0, 0.1) is 34.6 Å². The van der Waals surface area contributed by atoms with E-state index in [0.29, 0.717) is 17.0 Å². The van der Waals surface area contributed by atoms with Crippen LogP contribution in [0.5, 0.6) is 0 Å². The quantitative estimate of drug-likeness (QED) is 0.568. The first-order valence-corrected chi connectivity index (χ1v) is 10.4. The summed E-state index contributed by atoms with van der Waals surface area (Å²) in [4.78, 5) is 28.4. The maximum Gasteiger partial charge on any atom is 0.282 e. The van der Waals surface area contributed by atoms with Gasteiger partial charge in [-0.15, -0.1) is 0 Å². The summed E-state index contributed by atoms with van der Waals surface area (Å²) in [5.41, 5.74) is 8.19. The summed E-state index contributed by atoms with van der Waals surface area (Å²) < 4.78 is 0. The van der Waals surface area contributed by atoms with Crippen LogP contribution in [0.1, 0.15) is 33.4 Å². The van der Waals surface area contributed by atoms with Crippen molar-refractivity contribution in [2.45, 2.75) is 34.6 Å². The highest BCUT2D eigenvalue weighted by Crippen LogP contribution is 2.35. The predicted octanol–water partition coefficient (Wildman–Crippen LogP) is 5.63. The Morgan fingerprint density at radius 1 is 0.677 bits per heavy atom. The molecule has 3 aromatic carbocycles. The van der Waals surface area contributed by atoms with Crippen molar-refractivity contribution in [3.8, 4) is 0 Å². The molecule has 4 nitrogen and oxygen atoms in total. The van der Waals surface area contributed by atoms with Gasteiger partial charge in [-0.25, -0.2) is 4.90 Å². The molecule has 0 aliphatic carbocycles. The number of rotatable bonds is 4. The van der Waals surface area contributed by atoms with Crippen LogP contribution in [0.4, 0.5) is 11.4 Å². The van der Waals surface area contributed by atoms with Crippen molar-refractivity contribution in [2.75, 3.05) is 10.2 Å². The number of imide groups is 1. The van der Waals surface area contributed by atoms with E-state index in [1.54, 1.807) is 6.07 Å². The number of carbonyl (C=O) groups excluding carboxylic acids is 2. The minimum atomic E-state index is -0.344. The Morgan fingerprint density at radius 2 is 1.42 bits per heavy atom. The molecule has 0 bridgehead atoms. The SMILES string of the molecule is Cc1cccc(N2C(=O)C(Nc3ccc(C)cc3C)=C(c3ccc(C)c(C)c3)C2=O)c1. The molecule has 31 heavy (non-hydrogen) atoms. The second kappa shape index (κ2) is 7.88. The Bertz CT molecular complexity index is 1250. The standard InChI is InChI=1S/C27H26N2O2/c1-16-7-6-8-22(14-16)29-26(30)24(21-11-10-18(3)19(4)15-21)25(27(29)31)28-23-12-9-17(2)13-20(23)5/h6-15,28H,1-5H3. The third-order valence-electron chi connectivity index (χ3n) is 5.78. The average molecular weight is 411 g/mol. The van der Waals surface area contributed by atoms with Gasteiger partial charge in [-0.1, -0.05) is 48.0 Å². The van der Waals surface area contributed by atoms with Gasteiger partial charge in [-0.2, -0.15) is 0 Å². The van der Waals surface area contributed by atoms with Crippen molar-refractivity contribution in [2.24, 2.45) is 0 Å². The Labute approximate surface area is 183 Å². The van der Waals surface area contributed by atoms with Gasteiger partial charge < -0.3 is 5.32 Å². The van der Waals surface area contributed by atoms with E-state index in [1.807, 2.05) is 83.1 Å². The lowest BCUT2D eigenvalue weighted by atomic mass is 9.99. The van der Waals surface area contributed by atoms with Crippen LogP contribution in [-0.2, 0) is 9.59 Å². The van der Waals surface area contributed by atoms with Crippen molar-refractivity contribution in [3.63, 3.8) is 0 Å². The van der Waals surface area contributed by atoms with Gasteiger partial charge in [0.1, 0.15) is 5.70 Å². The largest absolute Gasteiger partial charge is 0.350 e. The van der Waals surface area contributed by atoms with E-state index in [-0.39, 0.29) is 11.8 Å². The number of benzene rings is 3. The zero-order chi connectivity index (χ0) is 22.3. The van der Waals surface area contributed by atoms with Gasteiger partial charge in [0, 0.05) is 5.69 Å². The fraction of sp³-hybridized carbons (Fsp3) is 0.185. The smallest absolute Gasteiger partial charge is 0.282 e. The van der Waals surface area contributed by atoms with Crippen LogP contribution in [0.15, 0.2) is 66.4 Å². The van der Waals surface area contributed by atoms with Crippen molar-refractivity contribution < 1.29 is 9.59 Å². The van der Waals surface area contributed by atoms with Crippen LogP contribution in [0.3, 0.4) is 0 Å². The average Bonchev–Trinajstić information content (AvgIpc) is 2.96. The van der Waals surface area contributed by atoms with Gasteiger partial charge in [0.05, 0.1) is 11.3 Å². The molecule has 0 aromatic heterocycles. The molecule has 1 aliphatic rings. The third kappa shape index (κ3) is 3.77. The van der Waals surface area contributed by atoms with E-state index in [4.69, 9.17) is 0 Å². The van der Waals surface area contributed by atoms with E-state index in [2.05, 4.69) is 11.4 Å². The normalized spacial score (nSPS) is 13.9. The molecule has 0 fully saturated rings. The van der Waals surface area contributed by atoms with E-state index < -0.39 is 0 Å². The zero-order valence-corrected chi connectivity index (χ0v) is 18.5. The predicted molar refractivity (Wildman–Crippen MR) is 126 cm³/mol. The maximum atomic E-state index is 13.6. The molecule has 4 rings (SSSR count). The first-order chi connectivity index (χ1) is 14.8. The molecule has 0 saturated heterocycles. The summed E-state index contributed by atoms with van der Waals surface area (Å²) in [6.45, 7) is 10.0. The lowest BCUT2D eigenvalue weighted by Gasteiger charge is -2.16. The maximum absolute atomic E-state index is 13.6. The number of anilines is 2. The first-order valence-electron chi connectivity index (χ1n) is 10.4. The zero-order valence-electron chi connectivity index (χ0n) is 18.5. The molecule has 1 N–H and O–H groups in total. The number of nitrogens with one attached hydrogen (secondary N) is 1. The van der Waals surface area contributed by atoms with Gasteiger partial charge in [-0.3, -0.25) is 9.59 Å². The number of carbonyl (C=O) groups is 2. The van der Waals surface area contributed by atoms with Crippen molar-refractivity contribution in [3.05, 3.63) is 99.7 Å². The first kappa shape index (κ1) is 20.6. The second-order valence-corrected chi connectivity index (χ2v) is 8.28. The number of nitrogens with zero attached hydrogens (tertiary/aromatic N) is 1. The number of hydrogen-bond donors (Lipinski definition) is 1. The molecule has 2 amide bonds. The van der Waals surface area contributed by atoms with Crippen LogP contribution in [0.2, 0.25) is 0 Å². The van der Waals surface area contributed by atoms with Crippen molar-refractivity contribution in [1.29, 1.82) is 0 Å². The van der Waals surface area contributed by atoms with E-state index in [1.165, 1.54) is 4.90 Å². The Kier molecular flexibility index (Phi) is 5.24.